The molecule has 0 spiro atoms. The Kier molecular flexibility index (Phi) is 30.7. The molecule has 0 aromatic heterocycles. The quantitative estimate of drug-likeness (QED) is 0.0295. The molecule has 0 radical (unpaired) electrons. The van der Waals surface area contributed by atoms with Crippen molar-refractivity contribution in [1.82, 2.24) is 0 Å². The summed E-state index contributed by atoms with van der Waals surface area (Å²) in [6.07, 6.45) is 4.25. The molecule has 0 saturated carbocycles. The fourth-order valence-corrected chi connectivity index (χ4v) is 4.76. The van der Waals surface area contributed by atoms with Gasteiger partial charge in [-0.2, -0.15) is 5.26 Å². The van der Waals surface area contributed by atoms with E-state index in [2.05, 4.69) is 12.6 Å². The second-order valence-electron chi connectivity index (χ2n) is 12.2. The molecule has 2 rings (SSSR count). The first kappa shape index (κ1) is 50.9. The lowest BCUT2D eigenvalue weighted by atomic mass is 10.0. The van der Waals surface area contributed by atoms with Gasteiger partial charge in [0.05, 0.1) is 124 Å². The molecule has 16 nitrogen and oxygen atoms in total. The van der Waals surface area contributed by atoms with E-state index in [-0.39, 0.29) is 39.6 Å². The first-order chi connectivity index (χ1) is 29.1. The van der Waals surface area contributed by atoms with Crippen molar-refractivity contribution in [2.24, 2.45) is 0 Å². The molecular weight excluding hydrogens is 770 g/mol. The van der Waals surface area contributed by atoms with Crippen molar-refractivity contribution >= 4 is 17.6 Å². The predicted molar refractivity (Wildman–Crippen MR) is 219 cm³/mol. The number of rotatable bonds is 39. The molecule has 0 aliphatic rings. The zero-order chi connectivity index (χ0) is 42.4. The second kappa shape index (κ2) is 35.6. The predicted octanol–water partition coefficient (Wildman–Crippen LogP) is 4.81. The highest BCUT2D eigenvalue weighted by molar-refractivity contribution is 5.90. The molecule has 0 fully saturated rings. The lowest BCUT2D eigenvalue weighted by molar-refractivity contribution is -0.137. The van der Waals surface area contributed by atoms with Crippen LogP contribution >= 0.6 is 0 Å². The first-order valence-corrected chi connectivity index (χ1v) is 19.7. The van der Waals surface area contributed by atoms with E-state index >= 15 is 0 Å². The highest BCUT2D eigenvalue weighted by Gasteiger charge is 2.17. The van der Waals surface area contributed by atoms with Gasteiger partial charge in [0.15, 0.2) is 11.5 Å². The van der Waals surface area contributed by atoms with Crippen LogP contribution in [0.3, 0.4) is 0 Å². The summed E-state index contributed by atoms with van der Waals surface area (Å²) < 4.78 is 78.0. The molecule has 2 aromatic carbocycles. The topological polar surface area (TPSA) is 170 Å². The summed E-state index contributed by atoms with van der Waals surface area (Å²) in [5, 5.41) is 10.2. The molecule has 0 N–H and O–H groups in total. The molecule has 0 bridgehead atoms. The standard InChI is InChI=1S/C43H63NO15/c1-5-42(45)58-13-7-6-12-55-39-10-8-37(9-11-39)38(35-44)32-36-33-40(56-29-26-52-23-20-49-17-14-46-2)43(59-31-28-54-25-22-51-19-16-48-4)41(34-36)57-30-27-53-24-21-50-18-15-47-3/h5,8-11,32-34H,1,6-7,12-31H2,2-4H3/b38-32+. The third-order valence-electron chi connectivity index (χ3n) is 7.71. The molecule has 2 aromatic rings. The number of carbonyl (C=O) groups excluding carboxylic acids is 1. The molecule has 0 aliphatic carbocycles. The van der Waals surface area contributed by atoms with Gasteiger partial charge in [0.25, 0.3) is 0 Å². The van der Waals surface area contributed by atoms with E-state index < -0.39 is 5.97 Å². The fraction of sp³-hybridized carbons (Fsp3) is 0.581. The van der Waals surface area contributed by atoms with Crippen LogP contribution < -0.4 is 18.9 Å². The van der Waals surface area contributed by atoms with Crippen molar-refractivity contribution in [2.45, 2.75) is 12.8 Å². The smallest absolute Gasteiger partial charge is 0.330 e. The Morgan fingerprint density at radius 2 is 0.983 bits per heavy atom. The number of nitriles is 1. The van der Waals surface area contributed by atoms with Crippen LogP contribution in [0.4, 0.5) is 0 Å². The number of ether oxygens (including phenoxy) is 14. The number of esters is 1. The van der Waals surface area contributed by atoms with Gasteiger partial charge in [0.1, 0.15) is 25.6 Å². The minimum atomic E-state index is -0.445. The number of hydrogen-bond donors (Lipinski definition) is 0. The Balaban J connectivity index is 2.23. The van der Waals surface area contributed by atoms with Crippen molar-refractivity contribution in [1.29, 1.82) is 5.26 Å². The van der Waals surface area contributed by atoms with Gasteiger partial charge in [0, 0.05) is 27.4 Å². The van der Waals surface area contributed by atoms with Crippen LogP contribution in [-0.2, 0) is 52.2 Å². The van der Waals surface area contributed by atoms with E-state index in [0.29, 0.717) is 145 Å². The molecule has 59 heavy (non-hydrogen) atoms. The molecule has 0 aliphatic heterocycles. The number of unbranched alkanes of at least 4 members (excludes halogenated alkanes) is 1. The van der Waals surface area contributed by atoms with E-state index in [4.69, 9.17) is 66.3 Å². The van der Waals surface area contributed by atoms with E-state index in [9.17, 15) is 10.1 Å². The molecule has 0 saturated heterocycles. The summed E-state index contributed by atoms with van der Waals surface area (Å²) >= 11 is 0. The molecule has 16 heteroatoms. The summed E-state index contributed by atoms with van der Waals surface area (Å²) in [5.74, 6) is 1.36. The number of carbonyl (C=O) groups is 1. The summed E-state index contributed by atoms with van der Waals surface area (Å²) in [4.78, 5) is 11.2. The zero-order valence-corrected chi connectivity index (χ0v) is 35.0. The van der Waals surface area contributed by atoms with Crippen LogP contribution in [0.25, 0.3) is 11.6 Å². The van der Waals surface area contributed by atoms with Crippen LogP contribution in [0.1, 0.15) is 24.0 Å². The average molecular weight is 834 g/mol. The lowest BCUT2D eigenvalue weighted by Gasteiger charge is -2.19. The SMILES string of the molecule is C=CC(=O)OCCCCOc1ccc(/C(C#N)=C/c2cc(OCCOCCOCCOC)c(OCCOCCOCCOC)c(OCCOCCOCCOC)c2)cc1. The van der Waals surface area contributed by atoms with Crippen molar-refractivity contribution in [3.63, 3.8) is 0 Å². The van der Waals surface area contributed by atoms with Crippen molar-refractivity contribution in [3.05, 3.63) is 60.2 Å². The molecular formula is C43H63NO15. The van der Waals surface area contributed by atoms with Crippen molar-refractivity contribution < 1.29 is 71.1 Å². The lowest BCUT2D eigenvalue weighted by Crippen LogP contribution is -2.15. The minimum absolute atomic E-state index is 0.200. The molecule has 330 valence electrons. The monoisotopic (exact) mass is 833 g/mol. The maximum atomic E-state index is 11.2. The Morgan fingerprint density at radius 3 is 1.42 bits per heavy atom. The zero-order valence-electron chi connectivity index (χ0n) is 35.0. The van der Waals surface area contributed by atoms with E-state index in [1.165, 1.54) is 0 Å². The third kappa shape index (κ3) is 25.1. The third-order valence-corrected chi connectivity index (χ3v) is 7.71. The maximum absolute atomic E-state index is 11.2. The van der Waals surface area contributed by atoms with E-state index in [0.717, 1.165) is 6.08 Å². The Morgan fingerprint density at radius 1 is 0.559 bits per heavy atom. The van der Waals surface area contributed by atoms with Gasteiger partial charge in [-0.05, 0) is 66.4 Å². The summed E-state index contributed by atoms with van der Waals surface area (Å²) in [5.41, 5.74) is 1.73. The molecule has 0 atom stereocenters. The van der Waals surface area contributed by atoms with Gasteiger partial charge >= 0.3 is 5.97 Å². The Labute approximate surface area is 349 Å². The summed E-state index contributed by atoms with van der Waals surface area (Å²) in [6.45, 7) is 11.0. The number of methoxy groups -OCH3 is 3. The van der Waals surface area contributed by atoms with Crippen LogP contribution in [0.15, 0.2) is 49.1 Å². The number of hydrogen-bond acceptors (Lipinski definition) is 16. The van der Waals surface area contributed by atoms with Crippen LogP contribution in [0, 0.1) is 11.3 Å². The van der Waals surface area contributed by atoms with E-state index in [1.54, 1.807) is 51.7 Å². The highest BCUT2D eigenvalue weighted by Crippen LogP contribution is 2.40. The number of nitrogens with zero attached hydrogens (tertiary/aromatic N) is 1. The first-order valence-electron chi connectivity index (χ1n) is 19.7. The van der Waals surface area contributed by atoms with Gasteiger partial charge < -0.3 is 66.3 Å². The van der Waals surface area contributed by atoms with Gasteiger partial charge in [-0.1, -0.05) is 6.58 Å². The van der Waals surface area contributed by atoms with Gasteiger partial charge in [-0.25, -0.2) is 4.79 Å². The maximum Gasteiger partial charge on any atom is 0.330 e. The molecule has 0 unspecified atom stereocenters. The van der Waals surface area contributed by atoms with Crippen LogP contribution in [-0.4, -0.2) is 159 Å². The highest BCUT2D eigenvalue weighted by atomic mass is 16.6. The number of benzene rings is 2. The van der Waals surface area contributed by atoms with Crippen LogP contribution in [0.2, 0.25) is 0 Å². The Bertz CT molecular complexity index is 1400. The van der Waals surface area contributed by atoms with Gasteiger partial charge in [-0.3, -0.25) is 0 Å². The average Bonchev–Trinajstić information content (AvgIpc) is 3.25. The largest absolute Gasteiger partial charge is 0.494 e. The number of allylic oxidation sites excluding steroid dienone is 1. The summed E-state index contributed by atoms with van der Waals surface area (Å²) in [6, 6.07) is 13.1. The van der Waals surface area contributed by atoms with Crippen molar-refractivity contribution in [2.75, 3.05) is 153 Å². The van der Waals surface area contributed by atoms with E-state index in [1.807, 2.05) is 12.1 Å². The molecule has 0 amide bonds. The van der Waals surface area contributed by atoms with Crippen LogP contribution in [0.5, 0.6) is 23.0 Å². The van der Waals surface area contributed by atoms with Gasteiger partial charge in [0.2, 0.25) is 5.75 Å². The summed E-state index contributed by atoms with van der Waals surface area (Å²) in [7, 11) is 4.86. The molecule has 0 heterocycles. The second-order valence-corrected chi connectivity index (χ2v) is 12.2. The van der Waals surface area contributed by atoms with Crippen molar-refractivity contribution in [3.8, 4) is 29.1 Å². The van der Waals surface area contributed by atoms with Gasteiger partial charge in [-0.15, -0.1) is 0 Å². The Hall–Kier alpha value is -4.28. The minimum Gasteiger partial charge on any atom is -0.494 e. The fourth-order valence-electron chi connectivity index (χ4n) is 4.76. The normalized spacial score (nSPS) is 11.3.